The van der Waals surface area contributed by atoms with Gasteiger partial charge in [-0.25, -0.2) is 0 Å². The van der Waals surface area contributed by atoms with E-state index in [1.165, 1.54) is 12.1 Å². The molecule has 6 heteroatoms. The molecule has 0 aromatic heterocycles. The smallest absolute Gasteiger partial charge is 0.258 e. The molecule has 0 saturated heterocycles. The van der Waals surface area contributed by atoms with E-state index in [1.54, 1.807) is 12.1 Å². The first kappa shape index (κ1) is 14.6. The summed E-state index contributed by atoms with van der Waals surface area (Å²) in [6.45, 7) is 1.93. The number of hydrogen-bond donors (Lipinski definition) is 0. The Hall–Kier alpha value is -2.34. The molecule has 0 spiro atoms. The van der Waals surface area contributed by atoms with Gasteiger partial charge in [-0.3, -0.25) is 19.3 Å². The van der Waals surface area contributed by atoms with Crippen LogP contribution >= 0.6 is 0 Å². The van der Waals surface area contributed by atoms with Crippen LogP contribution in [0.4, 0.5) is 11.4 Å². The first-order valence-corrected chi connectivity index (χ1v) is 8.09. The largest absolute Gasteiger partial charge is 0.269 e. The number of nitrogens with zero attached hydrogens (tertiary/aromatic N) is 2. The fourth-order valence-corrected chi connectivity index (χ4v) is 3.71. The summed E-state index contributed by atoms with van der Waals surface area (Å²) < 4.78 is 12.5. The second kappa shape index (κ2) is 5.81. The van der Waals surface area contributed by atoms with E-state index in [4.69, 9.17) is 0 Å². The average molecular weight is 314 g/mol. The third-order valence-corrected chi connectivity index (χ3v) is 5.27. The molecule has 0 unspecified atom stereocenters. The highest BCUT2D eigenvalue weighted by Crippen LogP contribution is 2.31. The van der Waals surface area contributed by atoms with Crippen LogP contribution in [0.25, 0.3) is 0 Å². The Morgan fingerprint density at radius 2 is 1.86 bits per heavy atom. The van der Waals surface area contributed by atoms with Gasteiger partial charge in [0.15, 0.2) is 0 Å². The highest BCUT2D eigenvalue weighted by molar-refractivity contribution is 7.85. The van der Waals surface area contributed by atoms with Crippen LogP contribution in [-0.4, -0.2) is 20.1 Å². The second-order valence-corrected chi connectivity index (χ2v) is 6.98. The first-order valence-electron chi connectivity index (χ1n) is 6.88. The quantitative estimate of drug-likeness (QED) is 0.628. The van der Waals surface area contributed by atoms with Gasteiger partial charge in [0.1, 0.15) is 0 Å². The monoisotopic (exact) mass is 314 g/mol. The zero-order valence-corrected chi connectivity index (χ0v) is 12.7. The lowest BCUT2D eigenvalue weighted by Crippen LogP contribution is -2.14. The predicted octanol–water partition coefficient (Wildman–Crippen LogP) is 3.62. The summed E-state index contributed by atoms with van der Waals surface area (Å²) in [7, 11) is -1.11. The van der Waals surface area contributed by atoms with Gasteiger partial charge in [-0.1, -0.05) is 19.1 Å². The molecule has 0 aliphatic carbocycles. The highest BCUT2D eigenvalue weighted by Gasteiger charge is 2.23. The maximum absolute atomic E-state index is 12.5. The van der Waals surface area contributed by atoms with Crippen LogP contribution in [0.15, 0.2) is 58.4 Å². The van der Waals surface area contributed by atoms with Crippen molar-refractivity contribution in [2.75, 3.05) is 0 Å². The van der Waals surface area contributed by atoms with Crippen molar-refractivity contribution in [3.8, 4) is 0 Å². The molecule has 0 bridgehead atoms. The molecule has 0 amide bonds. The second-order valence-electron chi connectivity index (χ2n) is 5.14. The summed E-state index contributed by atoms with van der Waals surface area (Å²) in [4.78, 5) is 15.7. The average Bonchev–Trinajstić information content (AvgIpc) is 2.65. The van der Waals surface area contributed by atoms with E-state index in [-0.39, 0.29) is 10.9 Å². The van der Waals surface area contributed by atoms with Crippen molar-refractivity contribution in [2.24, 2.45) is 4.99 Å². The molecule has 0 fully saturated rings. The summed E-state index contributed by atoms with van der Waals surface area (Å²) in [6.07, 6.45) is 0.569. The highest BCUT2D eigenvalue weighted by atomic mass is 32.2. The molecule has 3 rings (SSSR count). The molecule has 2 atom stereocenters. The molecule has 0 radical (unpaired) electrons. The van der Waals surface area contributed by atoms with Gasteiger partial charge in [-0.15, -0.1) is 0 Å². The zero-order chi connectivity index (χ0) is 15.7. The van der Waals surface area contributed by atoms with Gasteiger partial charge in [0.05, 0.1) is 26.3 Å². The number of para-hydroxylation sites is 1. The zero-order valence-electron chi connectivity index (χ0n) is 11.9. The standard InChI is InChI=1S/C16H14N2O3S/c1-11-10-15(12-6-8-13(9-7-12)18(19)20)17-14-4-2-3-5-16(14)22(11)21/h2-9,11H,10H2,1H3/t11-,22-/m0/s1. The Morgan fingerprint density at radius 3 is 2.55 bits per heavy atom. The fourth-order valence-electron chi connectivity index (χ4n) is 2.43. The molecular weight excluding hydrogens is 300 g/mol. The lowest BCUT2D eigenvalue weighted by Gasteiger charge is -2.09. The number of nitro groups is 1. The first-order chi connectivity index (χ1) is 10.6. The number of benzene rings is 2. The molecule has 0 saturated carbocycles. The molecule has 1 aliphatic heterocycles. The van der Waals surface area contributed by atoms with Crippen molar-refractivity contribution in [2.45, 2.75) is 23.5 Å². The van der Waals surface area contributed by atoms with Crippen molar-refractivity contribution in [1.29, 1.82) is 0 Å². The number of hydrogen-bond acceptors (Lipinski definition) is 4. The predicted molar refractivity (Wildman–Crippen MR) is 86.2 cm³/mol. The molecule has 5 nitrogen and oxygen atoms in total. The van der Waals surface area contributed by atoms with E-state index in [0.29, 0.717) is 12.1 Å². The summed E-state index contributed by atoms with van der Waals surface area (Å²) in [6, 6.07) is 13.7. The molecular formula is C16H14N2O3S. The van der Waals surface area contributed by atoms with E-state index in [9.17, 15) is 14.3 Å². The van der Waals surface area contributed by atoms with Gasteiger partial charge in [0.2, 0.25) is 0 Å². The minimum atomic E-state index is -1.11. The van der Waals surface area contributed by atoms with Crippen molar-refractivity contribution in [1.82, 2.24) is 0 Å². The number of fused-ring (bicyclic) bond motifs is 1. The minimum Gasteiger partial charge on any atom is -0.258 e. The number of nitro benzene ring substituents is 1. The van der Waals surface area contributed by atoms with Crippen LogP contribution in [0.1, 0.15) is 18.9 Å². The van der Waals surface area contributed by atoms with Crippen molar-refractivity contribution < 1.29 is 9.13 Å². The van der Waals surface area contributed by atoms with Crippen molar-refractivity contribution in [3.05, 3.63) is 64.2 Å². The number of aliphatic imine (C=N–C) groups is 1. The Kier molecular flexibility index (Phi) is 3.85. The SMILES string of the molecule is C[C@H]1CC(c2ccc([N+](=O)[O-])cc2)=Nc2ccccc2[S@]1=O. The minimum absolute atomic E-state index is 0.0509. The molecule has 1 aliphatic rings. The van der Waals surface area contributed by atoms with Crippen molar-refractivity contribution in [3.63, 3.8) is 0 Å². The van der Waals surface area contributed by atoms with E-state index < -0.39 is 15.7 Å². The number of non-ortho nitro benzene ring substituents is 1. The molecule has 2 aromatic rings. The van der Waals surface area contributed by atoms with Gasteiger partial charge in [0.25, 0.3) is 5.69 Å². The van der Waals surface area contributed by atoms with E-state index >= 15 is 0 Å². The van der Waals surface area contributed by atoms with E-state index in [2.05, 4.69) is 4.99 Å². The maximum Gasteiger partial charge on any atom is 0.269 e. The topological polar surface area (TPSA) is 72.6 Å². The number of rotatable bonds is 2. The van der Waals surface area contributed by atoms with Crippen LogP contribution in [0, 0.1) is 10.1 Å². The Bertz CT molecular complexity index is 784. The van der Waals surface area contributed by atoms with Crippen LogP contribution in [0.5, 0.6) is 0 Å². The van der Waals surface area contributed by atoms with Gasteiger partial charge in [0, 0.05) is 29.5 Å². The van der Waals surface area contributed by atoms with Crippen LogP contribution in [0.2, 0.25) is 0 Å². The van der Waals surface area contributed by atoms with Gasteiger partial charge in [-0.2, -0.15) is 0 Å². The summed E-state index contributed by atoms with van der Waals surface area (Å²) in [5.74, 6) is 0. The lowest BCUT2D eigenvalue weighted by atomic mass is 10.1. The van der Waals surface area contributed by atoms with E-state index in [0.717, 1.165) is 16.2 Å². The van der Waals surface area contributed by atoms with Gasteiger partial charge < -0.3 is 0 Å². The summed E-state index contributed by atoms with van der Waals surface area (Å²) in [5, 5.41) is 10.7. The van der Waals surface area contributed by atoms with Crippen LogP contribution in [0.3, 0.4) is 0 Å². The molecule has 1 heterocycles. The third kappa shape index (κ3) is 2.69. The van der Waals surface area contributed by atoms with Crippen LogP contribution < -0.4 is 0 Å². The molecule has 0 N–H and O–H groups in total. The molecule has 22 heavy (non-hydrogen) atoms. The maximum atomic E-state index is 12.5. The third-order valence-electron chi connectivity index (χ3n) is 3.60. The fraction of sp³-hybridized carbons (Fsp3) is 0.188. The lowest BCUT2D eigenvalue weighted by molar-refractivity contribution is -0.384. The summed E-state index contributed by atoms with van der Waals surface area (Å²) >= 11 is 0. The van der Waals surface area contributed by atoms with Gasteiger partial charge in [-0.05, 0) is 29.8 Å². The Labute approximate surface area is 130 Å². The summed E-state index contributed by atoms with van der Waals surface area (Å²) in [5.41, 5.74) is 2.39. The Morgan fingerprint density at radius 1 is 1.18 bits per heavy atom. The van der Waals surface area contributed by atoms with Crippen LogP contribution in [-0.2, 0) is 10.8 Å². The molecule has 112 valence electrons. The molecule has 2 aromatic carbocycles. The van der Waals surface area contributed by atoms with E-state index in [1.807, 2.05) is 31.2 Å². The Balaban J connectivity index is 2.05. The normalized spacial score (nSPS) is 20.7. The van der Waals surface area contributed by atoms with Crippen molar-refractivity contribution >= 4 is 27.9 Å². The van der Waals surface area contributed by atoms with Gasteiger partial charge >= 0.3 is 0 Å².